The molecule has 0 amide bonds. The number of nitrogens with two attached hydrogens (primary N) is 1. The SMILES string of the molecule is COC(C)CC(CN)(c1ccccc1)C(C)O. The fraction of sp³-hybridized carbons (Fsp3) is 0.571. The van der Waals surface area contributed by atoms with Gasteiger partial charge >= 0.3 is 0 Å². The molecule has 3 unspecified atom stereocenters. The van der Waals surface area contributed by atoms with Gasteiger partial charge in [0.2, 0.25) is 0 Å². The first-order valence-corrected chi connectivity index (χ1v) is 6.03. The van der Waals surface area contributed by atoms with Crippen molar-refractivity contribution in [3.05, 3.63) is 35.9 Å². The minimum absolute atomic E-state index is 0.0633. The average molecular weight is 237 g/mol. The van der Waals surface area contributed by atoms with E-state index in [0.29, 0.717) is 13.0 Å². The van der Waals surface area contributed by atoms with E-state index >= 15 is 0 Å². The number of hydrogen-bond donors (Lipinski definition) is 2. The van der Waals surface area contributed by atoms with Gasteiger partial charge < -0.3 is 15.6 Å². The van der Waals surface area contributed by atoms with Gasteiger partial charge in [-0.1, -0.05) is 30.3 Å². The zero-order valence-corrected chi connectivity index (χ0v) is 10.9. The Balaban J connectivity index is 3.09. The molecule has 0 aliphatic rings. The molecule has 0 aromatic heterocycles. The van der Waals surface area contributed by atoms with Gasteiger partial charge in [0.25, 0.3) is 0 Å². The normalized spacial score (nSPS) is 18.4. The monoisotopic (exact) mass is 237 g/mol. The van der Waals surface area contributed by atoms with Crippen LogP contribution >= 0.6 is 0 Å². The number of ether oxygens (including phenoxy) is 1. The molecule has 96 valence electrons. The summed E-state index contributed by atoms with van der Waals surface area (Å²) in [6.07, 6.45) is 0.266. The van der Waals surface area contributed by atoms with E-state index in [1.54, 1.807) is 14.0 Å². The first-order chi connectivity index (χ1) is 8.06. The van der Waals surface area contributed by atoms with E-state index in [1.807, 2.05) is 37.3 Å². The van der Waals surface area contributed by atoms with E-state index in [2.05, 4.69) is 0 Å². The highest BCUT2D eigenvalue weighted by Crippen LogP contribution is 2.32. The first-order valence-electron chi connectivity index (χ1n) is 6.03. The van der Waals surface area contributed by atoms with Crippen molar-refractivity contribution in [3.63, 3.8) is 0 Å². The van der Waals surface area contributed by atoms with Crippen molar-refractivity contribution < 1.29 is 9.84 Å². The fourth-order valence-electron chi connectivity index (χ4n) is 2.27. The zero-order valence-electron chi connectivity index (χ0n) is 10.9. The van der Waals surface area contributed by atoms with Gasteiger partial charge in [-0.2, -0.15) is 0 Å². The highest BCUT2D eigenvalue weighted by molar-refractivity contribution is 5.27. The van der Waals surface area contributed by atoms with Crippen LogP contribution in [0, 0.1) is 0 Å². The van der Waals surface area contributed by atoms with Crippen molar-refractivity contribution in [3.8, 4) is 0 Å². The van der Waals surface area contributed by atoms with Crippen LogP contribution in [-0.4, -0.2) is 31.0 Å². The van der Waals surface area contributed by atoms with Crippen LogP contribution in [0.3, 0.4) is 0 Å². The van der Waals surface area contributed by atoms with Crippen LogP contribution in [0.15, 0.2) is 30.3 Å². The van der Waals surface area contributed by atoms with Gasteiger partial charge in [0.1, 0.15) is 0 Å². The highest BCUT2D eigenvalue weighted by atomic mass is 16.5. The Morgan fingerprint density at radius 2 is 1.88 bits per heavy atom. The van der Waals surface area contributed by atoms with Gasteiger partial charge in [-0.05, 0) is 25.8 Å². The number of hydrogen-bond acceptors (Lipinski definition) is 3. The number of benzene rings is 1. The van der Waals surface area contributed by atoms with Gasteiger partial charge in [-0.15, -0.1) is 0 Å². The van der Waals surface area contributed by atoms with Gasteiger partial charge in [0.05, 0.1) is 12.2 Å². The van der Waals surface area contributed by atoms with Crippen molar-refractivity contribution in [2.45, 2.75) is 37.9 Å². The Bertz CT molecular complexity index is 326. The molecule has 0 saturated heterocycles. The van der Waals surface area contributed by atoms with Gasteiger partial charge in [0, 0.05) is 19.1 Å². The van der Waals surface area contributed by atoms with Gasteiger partial charge in [-0.25, -0.2) is 0 Å². The van der Waals surface area contributed by atoms with Crippen molar-refractivity contribution in [1.29, 1.82) is 0 Å². The Kier molecular flexibility index (Phi) is 5.12. The van der Waals surface area contributed by atoms with E-state index in [1.165, 1.54) is 0 Å². The summed E-state index contributed by atoms with van der Waals surface area (Å²) >= 11 is 0. The second-order valence-corrected chi connectivity index (χ2v) is 4.65. The molecule has 3 atom stereocenters. The van der Waals surface area contributed by atoms with E-state index in [0.717, 1.165) is 5.56 Å². The maximum absolute atomic E-state index is 10.1. The summed E-state index contributed by atoms with van der Waals surface area (Å²) in [7, 11) is 1.68. The molecule has 0 aliphatic heterocycles. The van der Waals surface area contributed by atoms with E-state index in [4.69, 9.17) is 10.5 Å². The predicted molar refractivity (Wildman–Crippen MR) is 69.9 cm³/mol. The molecular formula is C14H23NO2. The molecule has 0 radical (unpaired) electrons. The van der Waals surface area contributed by atoms with Crippen LogP contribution in [-0.2, 0) is 10.2 Å². The third kappa shape index (κ3) is 3.06. The largest absolute Gasteiger partial charge is 0.392 e. The Morgan fingerprint density at radius 3 is 2.29 bits per heavy atom. The number of rotatable bonds is 6. The molecular weight excluding hydrogens is 214 g/mol. The zero-order chi connectivity index (χ0) is 12.9. The molecule has 17 heavy (non-hydrogen) atoms. The molecule has 0 bridgehead atoms. The quantitative estimate of drug-likeness (QED) is 0.791. The average Bonchev–Trinajstić information content (AvgIpc) is 2.36. The topological polar surface area (TPSA) is 55.5 Å². The van der Waals surface area contributed by atoms with Crippen LogP contribution in [0.25, 0.3) is 0 Å². The Morgan fingerprint density at radius 1 is 1.29 bits per heavy atom. The smallest absolute Gasteiger partial charge is 0.0621 e. The molecule has 0 spiro atoms. The van der Waals surface area contributed by atoms with Crippen molar-refractivity contribution in [1.82, 2.24) is 0 Å². The summed E-state index contributed by atoms with van der Waals surface area (Å²) in [6, 6.07) is 9.94. The van der Waals surface area contributed by atoms with Gasteiger partial charge in [0.15, 0.2) is 0 Å². The molecule has 3 N–H and O–H groups in total. The van der Waals surface area contributed by atoms with Crippen molar-refractivity contribution in [2.24, 2.45) is 5.73 Å². The van der Waals surface area contributed by atoms with Crippen LogP contribution in [0.4, 0.5) is 0 Å². The van der Waals surface area contributed by atoms with Gasteiger partial charge in [-0.3, -0.25) is 0 Å². The lowest BCUT2D eigenvalue weighted by atomic mass is 9.72. The first kappa shape index (κ1) is 14.2. The highest BCUT2D eigenvalue weighted by Gasteiger charge is 2.37. The molecule has 1 aromatic carbocycles. The standard InChI is InChI=1S/C14H23NO2/c1-11(17-3)9-14(10-15,12(2)16)13-7-5-4-6-8-13/h4-8,11-12,16H,9-10,15H2,1-3H3. The van der Waals surface area contributed by atoms with Crippen molar-refractivity contribution in [2.75, 3.05) is 13.7 Å². The van der Waals surface area contributed by atoms with E-state index < -0.39 is 11.5 Å². The van der Waals surface area contributed by atoms with Crippen LogP contribution < -0.4 is 5.73 Å². The van der Waals surface area contributed by atoms with Crippen LogP contribution in [0.2, 0.25) is 0 Å². The second kappa shape index (κ2) is 6.15. The Hall–Kier alpha value is -0.900. The van der Waals surface area contributed by atoms with E-state index in [9.17, 15) is 5.11 Å². The van der Waals surface area contributed by atoms with E-state index in [-0.39, 0.29) is 6.10 Å². The summed E-state index contributed by atoms with van der Waals surface area (Å²) in [5, 5.41) is 10.1. The summed E-state index contributed by atoms with van der Waals surface area (Å²) in [5.74, 6) is 0. The number of aliphatic hydroxyl groups is 1. The maximum atomic E-state index is 10.1. The minimum atomic E-state index is -0.507. The predicted octanol–water partition coefficient (Wildman–Crippen LogP) is 1.69. The Labute approximate surface area is 104 Å². The minimum Gasteiger partial charge on any atom is -0.392 e. The molecule has 0 aliphatic carbocycles. The maximum Gasteiger partial charge on any atom is 0.0621 e. The summed E-state index contributed by atoms with van der Waals surface area (Å²) in [5.41, 5.74) is 6.57. The lowest BCUT2D eigenvalue weighted by molar-refractivity contribution is 0.0356. The molecule has 3 nitrogen and oxygen atoms in total. The molecule has 1 rings (SSSR count). The van der Waals surface area contributed by atoms with Crippen LogP contribution in [0.5, 0.6) is 0 Å². The lowest BCUT2D eigenvalue weighted by Gasteiger charge is -2.37. The fourth-order valence-corrected chi connectivity index (χ4v) is 2.27. The second-order valence-electron chi connectivity index (χ2n) is 4.65. The van der Waals surface area contributed by atoms with Crippen molar-refractivity contribution >= 4 is 0 Å². The number of methoxy groups -OCH3 is 1. The third-order valence-corrected chi connectivity index (χ3v) is 3.57. The molecule has 3 heteroatoms. The summed E-state index contributed by atoms with van der Waals surface area (Å²) in [4.78, 5) is 0. The lowest BCUT2D eigenvalue weighted by Crippen LogP contribution is -2.46. The molecule has 0 fully saturated rings. The molecule has 1 aromatic rings. The summed E-state index contributed by atoms with van der Waals surface area (Å²) in [6.45, 7) is 4.19. The molecule has 0 heterocycles. The number of aliphatic hydroxyl groups excluding tert-OH is 1. The summed E-state index contributed by atoms with van der Waals surface area (Å²) < 4.78 is 5.31. The molecule has 0 saturated carbocycles. The third-order valence-electron chi connectivity index (χ3n) is 3.57. The van der Waals surface area contributed by atoms with Crippen LogP contribution in [0.1, 0.15) is 25.8 Å².